The van der Waals surface area contributed by atoms with E-state index >= 15 is 0 Å². The van der Waals surface area contributed by atoms with Crippen LogP contribution in [0.4, 0.5) is 5.69 Å². The number of ether oxygens (including phenoxy) is 1. The van der Waals surface area contributed by atoms with E-state index in [1.54, 1.807) is 0 Å². The maximum atomic E-state index is 11.9. The van der Waals surface area contributed by atoms with Crippen molar-refractivity contribution in [3.8, 4) is 0 Å². The monoisotopic (exact) mass is 276 g/mol. The number of aryl methyl sites for hydroxylation is 1. The Kier molecular flexibility index (Phi) is 5.56. The molecule has 1 atom stereocenters. The van der Waals surface area contributed by atoms with Gasteiger partial charge in [-0.15, -0.1) is 0 Å². The minimum Gasteiger partial charge on any atom is -0.381 e. The molecule has 1 saturated heterocycles. The fourth-order valence-corrected chi connectivity index (χ4v) is 2.56. The topological polar surface area (TPSA) is 50.4 Å². The number of rotatable bonds is 5. The Balaban J connectivity index is 1.74. The summed E-state index contributed by atoms with van der Waals surface area (Å²) in [6.07, 6.45) is 2.15. The Morgan fingerprint density at radius 3 is 2.85 bits per heavy atom. The predicted molar refractivity (Wildman–Crippen MR) is 80.8 cm³/mol. The fourth-order valence-electron chi connectivity index (χ4n) is 2.56. The zero-order valence-electron chi connectivity index (χ0n) is 12.3. The van der Waals surface area contributed by atoms with E-state index in [-0.39, 0.29) is 5.91 Å². The summed E-state index contributed by atoms with van der Waals surface area (Å²) < 4.78 is 5.36. The highest BCUT2D eigenvalue weighted by atomic mass is 16.5. The molecule has 0 aromatic heterocycles. The highest BCUT2D eigenvalue weighted by molar-refractivity contribution is 5.92. The van der Waals surface area contributed by atoms with Crippen LogP contribution in [0.5, 0.6) is 0 Å². The van der Waals surface area contributed by atoms with Crippen molar-refractivity contribution in [1.82, 2.24) is 5.32 Å². The van der Waals surface area contributed by atoms with E-state index < -0.39 is 0 Å². The lowest BCUT2D eigenvalue weighted by Gasteiger charge is -2.28. The highest BCUT2D eigenvalue weighted by Gasteiger charge is 2.20. The molecule has 110 valence electrons. The number of carbonyl (C=O) groups is 1. The molecule has 1 aliphatic rings. The van der Waals surface area contributed by atoms with E-state index in [0.29, 0.717) is 18.5 Å². The average molecular weight is 276 g/mol. The molecule has 4 nitrogen and oxygen atoms in total. The maximum absolute atomic E-state index is 11.9. The van der Waals surface area contributed by atoms with E-state index in [2.05, 4.69) is 17.6 Å². The van der Waals surface area contributed by atoms with Gasteiger partial charge in [0.05, 0.1) is 6.54 Å². The molecule has 4 heteroatoms. The zero-order chi connectivity index (χ0) is 14.4. The average Bonchev–Trinajstić information content (AvgIpc) is 2.46. The third-order valence-corrected chi connectivity index (χ3v) is 3.86. The van der Waals surface area contributed by atoms with Crippen molar-refractivity contribution in [1.29, 1.82) is 0 Å². The fraction of sp³-hybridized carbons (Fsp3) is 0.562. The van der Waals surface area contributed by atoms with Gasteiger partial charge < -0.3 is 15.4 Å². The number of carbonyl (C=O) groups excluding carboxylic acids is 1. The van der Waals surface area contributed by atoms with Crippen molar-refractivity contribution in [2.24, 2.45) is 5.92 Å². The lowest BCUT2D eigenvalue weighted by Crippen LogP contribution is -2.40. The molecule has 2 rings (SSSR count). The van der Waals surface area contributed by atoms with Gasteiger partial charge in [-0.2, -0.15) is 0 Å². The molecule has 0 radical (unpaired) electrons. The molecule has 1 aromatic carbocycles. The van der Waals surface area contributed by atoms with Gasteiger partial charge in [-0.3, -0.25) is 4.79 Å². The Morgan fingerprint density at radius 1 is 1.40 bits per heavy atom. The van der Waals surface area contributed by atoms with E-state index in [0.717, 1.165) is 37.3 Å². The molecule has 1 heterocycles. The second-order valence-corrected chi connectivity index (χ2v) is 5.54. The summed E-state index contributed by atoms with van der Waals surface area (Å²) in [7, 11) is 0. The smallest absolute Gasteiger partial charge is 0.238 e. The molecule has 2 N–H and O–H groups in total. The van der Waals surface area contributed by atoms with Gasteiger partial charge in [-0.1, -0.05) is 12.1 Å². The Hall–Kier alpha value is -1.39. The highest BCUT2D eigenvalue weighted by Crippen LogP contribution is 2.18. The lowest BCUT2D eigenvalue weighted by molar-refractivity contribution is -0.115. The van der Waals surface area contributed by atoms with Crippen molar-refractivity contribution >= 4 is 11.6 Å². The van der Waals surface area contributed by atoms with Gasteiger partial charge in [0.1, 0.15) is 0 Å². The zero-order valence-corrected chi connectivity index (χ0v) is 12.3. The number of hydrogen-bond acceptors (Lipinski definition) is 3. The van der Waals surface area contributed by atoms with Crippen LogP contribution in [0.25, 0.3) is 0 Å². The van der Waals surface area contributed by atoms with Crippen LogP contribution < -0.4 is 10.6 Å². The van der Waals surface area contributed by atoms with Crippen LogP contribution >= 0.6 is 0 Å². The summed E-state index contributed by atoms with van der Waals surface area (Å²) in [6.45, 7) is 6.20. The van der Waals surface area contributed by atoms with Crippen LogP contribution in [0.3, 0.4) is 0 Å². The molecule has 1 amide bonds. The third kappa shape index (κ3) is 4.62. The Morgan fingerprint density at radius 2 is 2.15 bits per heavy atom. The summed E-state index contributed by atoms with van der Waals surface area (Å²) >= 11 is 0. The maximum Gasteiger partial charge on any atom is 0.238 e. The molecule has 1 aromatic rings. The molecule has 0 spiro atoms. The molecular formula is C16H24N2O2. The van der Waals surface area contributed by atoms with Gasteiger partial charge in [-0.05, 0) is 50.3 Å². The molecule has 0 saturated carbocycles. The first-order valence-corrected chi connectivity index (χ1v) is 7.33. The van der Waals surface area contributed by atoms with E-state index in [1.807, 2.05) is 31.2 Å². The van der Waals surface area contributed by atoms with Crippen molar-refractivity contribution in [3.05, 3.63) is 29.8 Å². The molecule has 0 unspecified atom stereocenters. The van der Waals surface area contributed by atoms with Crippen LogP contribution in [0.15, 0.2) is 24.3 Å². The van der Waals surface area contributed by atoms with Gasteiger partial charge in [0.2, 0.25) is 5.91 Å². The third-order valence-electron chi connectivity index (χ3n) is 3.86. The van der Waals surface area contributed by atoms with Gasteiger partial charge >= 0.3 is 0 Å². The predicted octanol–water partition coefficient (Wildman–Crippen LogP) is 2.34. The summed E-state index contributed by atoms with van der Waals surface area (Å²) in [5.41, 5.74) is 2.00. The second kappa shape index (κ2) is 7.41. The summed E-state index contributed by atoms with van der Waals surface area (Å²) in [5, 5.41) is 6.23. The van der Waals surface area contributed by atoms with E-state index in [4.69, 9.17) is 4.74 Å². The van der Waals surface area contributed by atoms with Crippen molar-refractivity contribution in [2.75, 3.05) is 25.1 Å². The number of anilines is 1. The molecule has 1 aliphatic heterocycles. The largest absolute Gasteiger partial charge is 0.381 e. The Labute approximate surface area is 120 Å². The van der Waals surface area contributed by atoms with Crippen molar-refractivity contribution in [2.45, 2.75) is 32.7 Å². The number of amides is 1. The second-order valence-electron chi connectivity index (χ2n) is 5.54. The molecule has 1 fully saturated rings. The number of nitrogens with one attached hydrogen (secondary N) is 2. The lowest BCUT2D eigenvalue weighted by atomic mass is 9.93. The van der Waals surface area contributed by atoms with E-state index in [9.17, 15) is 4.79 Å². The summed E-state index contributed by atoms with van der Waals surface area (Å²) in [5.74, 6) is 0.616. The summed E-state index contributed by atoms with van der Waals surface area (Å²) in [4.78, 5) is 11.9. The van der Waals surface area contributed by atoms with Crippen LogP contribution in [-0.4, -0.2) is 31.7 Å². The first-order valence-electron chi connectivity index (χ1n) is 7.33. The van der Waals surface area contributed by atoms with Crippen molar-refractivity contribution < 1.29 is 9.53 Å². The number of hydrogen-bond donors (Lipinski definition) is 2. The van der Waals surface area contributed by atoms with Crippen LogP contribution in [-0.2, 0) is 9.53 Å². The first-order chi connectivity index (χ1) is 9.65. The summed E-state index contributed by atoms with van der Waals surface area (Å²) in [6, 6.07) is 8.19. The SMILES string of the molecule is Cc1cccc(NC(=O)CN[C@@H](C)C2CCOCC2)c1. The minimum absolute atomic E-state index is 0.00881. The van der Waals surface area contributed by atoms with Gasteiger partial charge in [0.15, 0.2) is 0 Å². The Bertz CT molecular complexity index is 442. The molecule has 20 heavy (non-hydrogen) atoms. The van der Waals surface area contributed by atoms with E-state index in [1.165, 1.54) is 0 Å². The van der Waals surface area contributed by atoms with Crippen LogP contribution in [0.1, 0.15) is 25.3 Å². The van der Waals surface area contributed by atoms with Gasteiger partial charge in [0, 0.05) is 24.9 Å². The molecule has 0 aliphatic carbocycles. The van der Waals surface area contributed by atoms with Crippen molar-refractivity contribution in [3.63, 3.8) is 0 Å². The van der Waals surface area contributed by atoms with Gasteiger partial charge in [-0.25, -0.2) is 0 Å². The quantitative estimate of drug-likeness (QED) is 0.868. The van der Waals surface area contributed by atoms with Crippen LogP contribution in [0, 0.1) is 12.8 Å². The number of benzene rings is 1. The van der Waals surface area contributed by atoms with Crippen LogP contribution in [0.2, 0.25) is 0 Å². The minimum atomic E-state index is 0.00881. The molecule has 0 bridgehead atoms. The van der Waals surface area contributed by atoms with Gasteiger partial charge in [0.25, 0.3) is 0 Å². The molecular weight excluding hydrogens is 252 g/mol. The normalized spacial score (nSPS) is 17.7. The standard InChI is InChI=1S/C16H24N2O2/c1-12-4-3-5-15(10-12)18-16(19)11-17-13(2)14-6-8-20-9-7-14/h3-5,10,13-14,17H,6-9,11H2,1-2H3,(H,18,19)/t13-/m0/s1. The first kappa shape index (κ1) is 15.0.